The van der Waals surface area contributed by atoms with Crippen molar-refractivity contribution in [1.29, 1.82) is 0 Å². The van der Waals surface area contributed by atoms with Gasteiger partial charge in [-0.15, -0.1) is 32.8 Å². The molecule has 2 unspecified atom stereocenters. The van der Waals surface area contributed by atoms with Crippen LogP contribution < -0.4 is 40.6 Å². The SMILES string of the molecule is CCOC(=O)c1n[nH]c(C2CCc3ccccc32)n1.Cl.N[C@H]1COc2cccnc2CC1=O.O=C(N[C@H]1COc2cccnc2CC1=O)c1n[nH]c(C2CCc3ccccc32)n1.O=C(N[C@H]1COc2cccnc2CC1=O)c1n[nH]c([C@@H]2CCC3=C2C=C[C+]=C3)n1.O=C(N[C@H]1COc2cccnc2CC1=O)c1n[nH]c([C@H]2CCc3ccccc32)n1. The topological polar surface area (TPSA) is 463 Å². The minimum atomic E-state index is -0.776. The number of pyridine rings is 4. The maximum Gasteiger partial charge on any atom is 0.378 e. The van der Waals surface area contributed by atoms with Crippen LogP contribution in [0.4, 0.5) is 0 Å². The number of aryl methyl sites for hydroxylation is 3. The van der Waals surface area contributed by atoms with Crippen LogP contribution >= 0.6 is 12.4 Å². The van der Waals surface area contributed by atoms with Crippen LogP contribution in [0.15, 0.2) is 175 Å². The minimum absolute atomic E-state index is 0. The van der Waals surface area contributed by atoms with Crippen molar-refractivity contribution in [3.8, 4) is 23.0 Å². The van der Waals surface area contributed by atoms with Gasteiger partial charge in [0.1, 0.15) is 103 Å². The van der Waals surface area contributed by atoms with E-state index in [-0.39, 0.29) is 135 Å². The molecule has 34 heteroatoms. The summed E-state index contributed by atoms with van der Waals surface area (Å²) >= 11 is 0. The Morgan fingerprint density at radius 2 is 0.783 bits per heavy atom. The highest BCUT2D eigenvalue weighted by Crippen LogP contribution is 2.42. The number of benzene rings is 3. The van der Waals surface area contributed by atoms with Gasteiger partial charge in [-0.25, -0.2) is 24.7 Å². The number of rotatable bonds is 12. The average Bonchev–Trinajstić information content (AvgIpc) is 1.65. The summed E-state index contributed by atoms with van der Waals surface area (Å²) in [5.74, 6) is 3.29. The van der Waals surface area contributed by atoms with Crippen molar-refractivity contribution in [3.05, 3.63) is 284 Å². The minimum Gasteiger partial charge on any atom is -0.490 e. The van der Waals surface area contributed by atoms with Gasteiger partial charge in [-0.05, 0) is 134 Å². The molecule has 0 spiro atoms. The number of aromatic nitrogens is 16. The number of ketones is 4. The van der Waals surface area contributed by atoms with Crippen LogP contribution in [0.3, 0.4) is 0 Å². The second-order valence-electron chi connectivity index (χ2n) is 29.3. The molecule has 12 heterocycles. The Morgan fingerprint density at radius 1 is 0.442 bits per heavy atom. The number of halogens is 1. The molecule has 5 aliphatic carbocycles. The first-order valence-corrected chi connectivity index (χ1v) is 39.3. The fourth-order valence-corrected chi connectivity index (χ4v) is 15.6. The van der Waals surface area contributed by atoms with E-state index in [1.807, 2.05) is 54.6 Å². The van der Waals surface area contributed by atoms with Gasteiger partial charge < -0.3 is 45.4 Å². The van der Waals surface area contributed by atoms with Crippen molar-refractivity contribution in [3.63, 3.8) is 0 Å². The summed E-state index contributed by atoms with van der Waals surface area (Å²) in [5, 5.41) is 35.8. The number of fused-ring (bicyclic) bond motifs is 7. The Hall–Kier alpha value is -14.0. The summed E-state index contributed by atoms with van der Waals surface area (Å²) in [5.41, 5.74) is 18.1. The van der Waals surface area contributed by atoms with E-state index >= 15 is 0 Å². The quantitative estimate of drug-likeness (QED) is 0.0444. The molecule has 11 aromatic rings. The standard InChI is InChI=1S/2C21H19N5O3.C21H17N5O3.C14H15N3O2.C9H10N2O2.ClH/c3*27-17-10-15-18(6-3-9-22-15)29-11-16(17)23-21(28)20-24-19(25-26-20)14-8-7-12-4-1-2-5-13(12)14;1-2-19-14(18)13-15-12(16-17-13)11-8-7-9-5-3-4-6-10(9)11;10-6-5-13-9-2-1-3-11-7(9)4-8(6)12;/h2*1-6,9,14,16H,7-8,10-11H2,(H,23,28)(H,24,25,26);2-6,9,14,16H,7-8,10-11H2,(H-,23,24,25,26,28);3-6,11H,2,7-8H2,1H3,(H,15,16,17);1-3,6H,4-5,10H2;1H/p+1/t14?,16-;14-,16-;14-,16+;;6-;/m001.0./s1. The number of aromatic amines is 4. The highest BCUT2D eigenvalue weighted by Gasteiger charge is 2.38. The molecule has 3 amide bonds. The fourth-order valence-electron chi connectivity index (χ4n) is 15.6. The molecule has 0 saturated carbocycles. The van der Waals surface area contributed by atoms with Gasteiger partial charge in [0.2, 0.25) is 17.5 Å². The lowest BCUT2D eigenvalue weighted by molar-refractivity contribution is -0.121. The second kappa shape index (κ2) is 37.1. The Bertz CT molecular complexity index is 5600. The van der Waals surface area contributed by atoms with E-state index in [0.29, 0.717) is 69.9 Å². The van der Waals surface area contributed by atoms with Crippen LogP contribution in [0, 0.1) is 6.08 Å². The molecule has 0 fully saturated rings. The Morgan fingerprint density at radius 3 is 1.18 bits per heavy atom. The molecule has 9 aliphatic rings. The van der Waals surface area contributed by atoms with E-state index in [1.54, 1.807) is 80.2 Å². The maximum atomic E-state index is 12.6. The fraction of sp³-hybridized carbons (Fsp3) is 0.302. The third kappa shape index (κ3) is 18.4. The Kier molecular flexibility index (Phi) is 25.1. The molecule has 3 aromatic carbocycles. The number of nitrogens with one attached hydrogen (secondary N) is 7. The van der Waals surface area contributed by atoms with Crippen LogP contribution in [-0.4, -0.2) is 185 Å². The number of carbonyl (C=O) groups is 8. The van der Waals surface area contributed by atoms with Gasteiger partial charge in [-0.1, -0.05) is 72.8 Å². The van der Waals surface area contributed by atoms with Crippen LogP contribution in [0.1, 0.15) is 185 Å². The Balaban J connectivity index is 0.000000119. The first kappa shape index (κ1) is 81.1. The number of Topliss-reactive ketones (excluding diaryl/α,β-unsaturated/α-hetero) is 4. The number of esters is 1. The molecule has 0 saturated heterocycles. The first-order valence-electron chi connectivity index (χ1n) is 39.3. The van der Waals surface area contributed by atoms with Crippen molar-refractivity contribution >= 4 is 59.2 Å². The van der Waals surface area contributed by atoms with E-state index in [2.05, 4.69) is 139 Å². The summed E-state index contributed by atoms with van der Waals surface area (Å²) < 4.78 is 27.2. The highest BCUT2D eigenvalue weighted by molar-refractivity contribution is 5.98. The largest absolute Gasteiger partial charge is 0.490 e. The molecule has 8 atom stereocenters. The van der Waals surface area contributed by atoms with Gasteiger partial charge in [-0.2, -0.15) is 0 Å². The number of ether oxygens (including phenoxy) is 5. The van der Waals surface area contributed by atoms with Gasteiger partial charge in [0, 0.05) is 55.0 Å². The zero-order valence-corrected chi connectivity index (χ0v) is 65.7. The number of nitrogens with two attached hydrogens (primary N) is 1. The average molecular weight is 1640 g/mol. The van der Waals surface area contributed by atoms with Crippen molar-refractivity contribution in [2.75, 3.05) is 33.0 Å². The van der Waals surface area contributed by atoms with Gasteiger partial charge in [0.05, 0.1) is 84.2 Å². The predicted octanol–water partition coefficient (Wildman–Crippen LogP) is 7.16. The lowest BCUT2D eigenvalue weighted by Gasteiger charge is -2.13. The van der Waals surface area contributed by atoms with Crippen molar-refractivity contribution < 1.29 is 62.0 Å². The van der Waals surface area contributed by atoms with Crippen LogP contribution in [0.2, 0.25) is 0 Å². The van der Waals surface area contributed by atoms with E-state index in [1.165, 1.54) is 44.5 Å². The molecule has 0 bridgehead atoms. The van der Waals surface area contributed by atoms with E-state index in [9.17, 15) is 38.4 Å². The number of carbonyl (C=O) groups excluding carboxylic acids is 8. The third-order valence-corrected chi connectivity index (χ3v) is 21.8. The summed E-state index contributed by atoms with van der Waals surface area (Å²) in [6.07, 6.45) is 23.8. The number of H-pyrrole nitrogens is 4. The monoisotopic (exact) mass is 1640 g/mol. The molecule has 8 aromatic heterocycles. The van der Waals surface area contributed by atoms with Crippen molar-refractivity contribution in [2.45, 2.75) is 132 Å². The predicted molar refractivity (Wildman–Crippen MR) is 430 cm³/mol. The molecule has 33 nitrogen and oxygen atoms in total. The van der Waals surface area contributed by atoms with Crippen molar-refractivity contribution in [1.82, 2.24) is 96.6 Å². The Labute approximate surface area is 692 Å². The molecular weight excluding hydrogens is 1560 g/mol. The smallest absolute Gasteiger partial charge is 0.378 e. The van der Waals surface area contributed by atoms with E-state index in [4.69, 9.17) is 29.4 Å². The molecule has 120 heavy (non-hydrogen) atoms. The normalized spacial score (nSPS) is 20.3. The zero-order chi connectivity index (χ0) is 81.9. The maximum absolute atomic E-state index is 12.6. The van der Waals surface area contributed by atoms with Crippen LogP contribution in [0.25, 0.3) is 0 Å². The number of allylic oxidation sites excluding steroid dienone is 6. The van der Waals surface area contributed by atoms with E-state index in [0.717, 1.165) is 57.2 Å². The lowest BCUT2D eigenvalue weighted by Crippen LogP contribution is -2.45. The highest BCUT2D eigenvalue weighted by atomic mass is 35.5. The van der Waals surface area contributed by atoms with E-state index < -0.39 is 47.9 Å². The number of hydrogen-bond donors (Lipinski definition) is 8. The first-order chi connectivity index (χ1) is 58.1. The summed E-state index contributed by atoms with van der Waals surface area (Å²) in [6, 6.07) is 36.1. The lowest BCUT2D eigenvalue weighted by atomic mass is 9.97. The second-order valence-corrected chi connectivity index (χ2v) is 29.3. The van der Waals surface area contributed by atoms with Gasteiger partial charge in [0.25, 0.3) is 23.5 Å². The van der Waals surface area contributed by atoms with Crippen LogP contribution in [-0.2, 0) is 68.9 Å². The molecular formula is C86H82ClN20O13+. The molecule has 0 radical (unpaired) electrons. The molecule has 610 valence electrons. The summed E-state index contributed by atoms with van der Waals surface area (Å²) in [4.78, 5) is 132. The number of amides is 3. The third-order valence-electron chi connectivity index (χ3n) is 21.8. The molecule has 20 rings (SSSR count). The molecule has 9 N–H and O–H groups in total. The van der Waals surface area contributed by atoms with Crippen LogP contribution in [0.5, 0.6) is 23.0 Å². The number of hydrogen-bond acceptors (Lipinski definition) is 26. The van der Waals surface area contributed by atoms with Gasteiger partial charge >= 0.3 is 5.97 Å². The van der Waals surface area contributed by atoms with Gasteiger partial charge in [0.15, 0.2) is 23.1 Å². The summed E-state index contributed by atoms with van der Waals surface area (Å²) in [6.45, 7) is 2.49. The number of nitrogens with zero attached hydrogens (tertiary/aromatic N) is 12. The summed E-state index contributed by atoms with van der Waals surface area (Å²) in [7, 11) is 0. The molecule has 4 aliphatic heterocycles. The van der Waals surface area contributed by atoms with Gasteiger partial charge in [-0.3, -0.25) is 73.9 Å². The zero-order valence-electron chi connectivity index (χ0n) is 64.9. The van der Waals surface area contributed by atoms with Crippen molar-refractivity contribution in [2.24, 2.45) is 5.73 Å².